The normalized spacial score (nSPS) is 24.4. The van der Waals surface area contributed by atoms with Gasteiger partial charge in [0.2, 0.25) is 0 Å². The van der Waals surface area contributed by atoms with Gasteiger partial charge in [0.25, 0.3) is 10.1 Å². The minimum Gasteiger partial charge on any atom is -0.497 e. The molecule has 0 heterocycles. The van der Waals surface area contributed by atoms with Crippen LogP contribution in [0.5, 0.6) is 11.5 Å². The number of hydrogen-bond donors (Lipinski definition) is 2. The van der Waals surface area contributed by atoms with Gasteiger partial charge in [-0.1, -0.05) is 150 Å². The summed E-state index contributed by atoms with van der Waals surface area (Å²) in [6.07, 6.45) is 26.8. The smallest absolute Gasteiger partial charge is 0.294 e. The SMILES string of the molecule is CCCC1CCC(C2CC=C(c3ccc(-c4ccc(OC)cc4)c(C)c3)CC2)CC1.CCCC1CCC(C2CCC(c3ccc(-c4ccc(OC)cc4)c(C)c3)C(O)C2)CC1.Cc1ccc(S(=O)(=O)O)cc1. The Bertz CT molecular complexity index is 2580. The first-order chi connectivity index (χ1) is 34.8. The van der Waals surface area contributed by atoms with E-state index in [-0.39, 0.29) is 16.9 Å². The summed E-state index contributed by atoms with van der Waals surface area (Å²) >= 11 is 0. The molecule has 0 radical (unpaired) electrons. The van der Waals surface area contributed by atoms with E-state index in [1.165, 1.54) is 159 Å². The fourth-order valence-corrected chi connectivity index (χ4v) is 13.4. The van der Waals surface area contributed by atoms with Crippen LogP contribution in [0.1, 0.15) is 163 Å². The fraction of sp³-hybridized carbons (Fsp3) is 0.508. The first-order valence-corrected chi connectivity index (χ1v) is 29.1. The van der Waals surface area contributed by atoms with Crippen LogP contribution in [0.2, 0.25) is 0 Å². The maximum absolute atomic E-state index is 11.1. The lowest BCUT2D eigenvalue weighted by atomic mass is 9.67. The number of aliphatic hydroxyl groups excluding tert-OH is 1. The van der Waals surface area contributed by atoms with Gasteiger partial charge in [-0.2, -0.15) is 8.42 Å². The molecule has 0 bridgehead atoms. The fourth-order valence-electron chi connectivity index (χ4n) is 12.9. The standard InChI is InChI=1S/C29H40O2.C29H38O.C7H8O3S/c1-4-5-21-6-8-22(9-7-21)24-12-17-28(29(30)19-24)25-13-16-27(20(2)18-25)23-10-14-26(31-3)15-11-23;1-4-5-22-6-8-23(9-7-22)24-10-12-25(13-11-24)27-16-19-29(21(2)20-27)26-14-17-28(30-3)18-15-26;1-6-2-4-7(5-3-6)11(8,9)10/h10-11,13-16,18,21-22,24,28-30H,4-9,12,17,19H2,1-3H3;12,14-20,22-24H,4-11,13H2,1-3H3;2-5H,1H3,(H,8,9,10). The first-order valence-electron chi connectivity index (χ1n) is 27.7. The topological polar surface area (TPSA) is 93.1 Å². The number of ether oxygens (including phenoxy) is 2. The highest BCUT2D eigenvalue weighted by Gasteiger charge is 2.36. The number of rotatable bonds is 13. The summed E-state index contributed by atoms with van der Waals surface area (Å²) < 4.78 is 40.1. The highest BCUT2D eigenvalue weighted by atomic mass is 32.2. The molecule has 4 aliphatic carbocycles. The van der Waals surface area contributed by atoms with E-state index in [9.17, 15) is 13.5 Å². The van der Waals surface area contributed by atoms with Crippen LogP contribution in [0.25, 0.3) is 27.8 Å². The summed E-state index contributed by atoms with van der Waals surface area (Å²) in [6.45, 7) is 10.9. The third kappa shape index (κ3) is 15.0. The minimum absolute atomic E-state index is 0.0666. The third-order valence-corrected chi connectivity index (χ3v) is 18.1. The second-order valence-corrected chi connectivity index (χ2v) is 23.4. The average Bonchev–Trinajstić information content (AvgIpc) is 3.39. The predicted molar refractivity (Wildman–Crippen MR) is 299 cm³/mol. The largest absolute Gasteiger partial charge is 0.497 e. The van der Waals surface area contributed by atoms with Crippen molar-refractivity contribution in [3.8, 4) is 33.8 Å². The molecule has 3 saturated carbocycles. The van der Waals surface area contributed by atoms with Crippen LogP contribution >= 0.6 is 0 Å². The molecule has 5 aromatic carbocycles. The lowest BCUT2D eigenvalue weighted by molar-refractivity contribution is 0.0467. The molecule has 4 aliphatic rings. The highest BCUT2D eigenvalue weighted by molar-refractivity contribution is 7.85. The monoisotopic (exact) mass is 995 g/mol. The molecule has 9 rings (SSSR count). The molecule has 4 unspecified atom stereocenters. The minimum atomic E-state index is -4.02. The summed E-state index contributed by atoms with van der Waals surface area (Å²) in [6, 6.07) is 36.5. The van der Waals surface area contributed by atoms with E-state index in [1.807, 2.05) is 31.2 Å². The Morgan fingerprint density at radius 1 is 0.542 bits per heavy atom. The number of benzene rings is 5. The van der Waals surface area contributed by atoms with Crippen molar-refractivity contribution < 1.29 is 27.6 Å². The summed E-state index contributed by atoms with van der Waals surface area (Å²) in [7, 11) is -0.601. The Balaban J connectivity index is 0.000000175. The van der Waals surface area contributed by atoms with Gasteiger partial charge in [0, 0.05) is 5.92 Å². The van der Waals surface area contributed by atoms with Gasteiger partial charge in [0.05, 0.1) is 25.2 Å². The molecule has 6 nitrogen and oxygen atoms in total. The Morgan fingerprint density at radius 3 is 1.47 bits per heavy atom. The van der Waals surface area contributed by atoms with Crippen LogP contribution < -0.4 is 9.47 Å². The zero-order valence-electron chi connectivity index (χ0n) is 44.8. The first kappa shape index (κ1) is 55.1. The second-order valence-electron chi connectivity index (χ2n) is 22.0. The maximum atomic E-state index is 11.1. The Morgan fingerprint density at radius 2 is 1.03 bits per heavy atom. The van der Waals surface area contributed by atoms with Gasteiger partial charge >= 0.3 is 0 Å². The molecule has 5 aromatic rings. The molecule has 72 heavy (non-hydrogen) atoms. The van der Waals surface area contributed by atoms with Crippen LogP contribution in [0.4, 0.5) is 0 Å². The zero-order valence-corrected chi connectivity index (χ0v) is 45.6. The summed E-state index contributed by atoms with van der Waals surface area (Å²) in [5.41, 5.74) is 13.0. The number of aliphatic hydroxyl groups is 1. The van der Waals surface area contributed by atoms with Crippen molar-refractivity contribution >= 4 is 15.7 Å². The van der Waals surface area contributed by atoms with E-state index < -0.39 is 10.1 Å². The van der Waals surface area contributed by atoms with Gasteiger partial charge in [0.15, 0.2) is 0 Å². The third-order valence-electron chi connectivity index (χ3n) is 17.2. The second kappa shape index (κ2) is 26.5. The van der Waals surface area contributed by atoms with Gasteiger partial charge in [-0.3, -0.25) is 4.55 Å². The molecule has 3 fully saturated rings. The quantitative estimate of drug-likeness (QED) is 0.114. The van der Waals surface area contributed by atoms with Crippen LogP contribution in [0.3, 0.4) is 0 Å². The molecule has 4 atom stereocenters. The van der Waals surface area contributed by atoms with Crippen molar-refractivity contribution in [1.82, 2.24) is 0 Å². The van der Waals surface area contributed by atoms with Gasteiger partial charge in [-0.25, -0.2) is 0 Å². The molecule has 0 saturated heterocycles. The van der Waals surface area contributed by atoms with Gasteiger partial charge in [-0.15, -0.1) is 0 Å². The summed E-state index contributed by atoms with van der Waals surface area (Å²) in [4.78, 5) is -0.0666. The number of hydrogen-bond acceptors (Lipinski definition) is 5. The molecular weight excluding hydrogens is 909 g/mol. The van der Waals surface area contributed by atoms with Crippen molar-refractivity contribution in [3.63, 3.8) is 0 Å². The van der Waals surface area contributed by atoms with Gasteiger partial charge < -0.3 is 14.6 Å². The van der Waals surface area contributed by atoms with Gasteiger partial charge in [0.1, 0.15) is 11.5 Å². The van der Waals surface area contributed by atoms with Gasteiger partial charge in [-0.05, 0) is 207 Å². The maximum Gasteiger partial charge on any atom is 0.294 e. The van der Waals surface area contributed by atoms with Crippen molar-refractivity contribution in [3.05, 3.63) is 143 Å². The highest BCUT2D eigenvalue weighted by Crippen LogP contribution is 2.46. The molecule has 0 spiro atoms. The van der Waals surface area contributed by atoms with Crippen molar-refractivity contribution in [1.29, 1.82) is 0 Å². The van der Waals surface area contributed by atoms with Crippen LogP contribution in [-0.2, 0) is 10.1 Å². The van der Waals surface area contributed by atoms with E-state index in [0.717, 1.165) is 65.4 Å². The van der Waals surface area contributed by atoms with E-state index >= 15 is 0 Å². The molecule has 7 heteroatoms. The zero-order chi connectivity index (χ0) is 51.2. The van der Waals surface area contributed by atoms with Crippen LogP contribution in [0, 0.1) is 56.3 Å². The summed E-state index contributed by atoms with van der Waals surface area (Å²) in [5, 5.41) is 11.1. The Hall–Kier alpha value is -4.69. The van der Waals surface area contributed by atoms with Crippen molar-refractivity contribution in [2.45, 2.75) is 167 Å². The average molecular weight is 995 g/mol. The van der Waals surface area contributed by atoms with Crippen LogP contribution in [-0.4, -0.2) is 38.4 Å². The molecule has 0 amide bonds. The molecular formula is C65H86O6S. The Kier molecular flexibility index (Phi) is 20.3. The summed E-state index contributed by atoms with van der Waals surface area (Å²) in [5.74, 6) is 7.56. The van der Waals surface area contributed by atoms with Crippen molar-refractivity contribution in [2.24, 2.45) is 35.5 Å². The van der Waals surface area contributed by atoms with Crippen LogP contribution in [0.15, 0.2) is 120 Å². The molecule has 2 N–H and O–H groups in total. The van der Waals surface area contributed by atoms with E-state index in [4.69, 9.17) is 14.0 Å². The lowest BCUT2D eigenvalue weighted by Crippen LogP contribution is -2.33. The number of allylic oxidation sites excluding steroid dienone is 2. The van der Waals surface area contributed by atoms with E-state index in [1.54, 1.807) is 31.9 Å². The molecule has 0 aliphatic heterocycles. The Labute approximate surface area is 434 Å². The lowest BCUT2D eigenvalue weighted by Gasteiger charge is -2.40. The van der Waals surface area contributed by atoms with Crippen molar-refractivity contribution in [2.75, 3.05) is 14.2 Å². The predicted octanol–water partition coefficient (Wildman–Crippen LogP) is 17.2. The number of methoxy groups -OCH3 is 2. The molecule has 388 valence electrons. The van der Waals surface area contributed by atoms with E-state index in [2.05, 4.69) is 94.4 Å². The van der Waals surface area contributed by atoms with E-state index in [0.29, 0.717) is 0 Å². The number of aryl methyl sites for hydroxylation is 3. The molecule has 0 aromatic heterocycles.